The molecule has 2 rings (SSSR count). The minimum absolute atomic E-state index is 0.102. The molecule has 0 aliphatic rings. The molecule has 0 aromatic heterocycles. The second-order valence-corrected chi connectivity index (χ2v) is 6.32. The van der Waals surface area contributed by atoms with Gasteiger partial charge in [-0.2, -0.15) is 0 Å². The Morgan fingerprint density at radius 2 is 1.67 bits per heavy atom. The van der Waals surface area contributed by atoms with E-state index in [1.54, 1.807) is 30.3 Å². The molecule has 0 atom stereocenters. The van der Waals surface area contributed by atoms with Gasteiger partial charge in [0.2, 0.25) is 5.91 Å². The first-order valence-corrected chi connectivity index (χ1v) is 8.40. The monoisotopic (exact) mass is 384 g/mol. The molecule has 0 spiro atoms. The number of hydrogen-bond donors (Lipinski definition) is 2. The van der Waals surface area contributed by atoms with Crippen LogP contribution in [0.4, 0.5) is 11.4 Å². The Bertz CT molecular complexity index is 778. The van der Waals surface area contributed by atoms with Crippen LogP contribution in [-0.2, 0) is 4.79 Å². The van der Waals surface area contributed by atoms with Crippen molar-refractivity contribution in [3.05, 3.63) is 57.0 Å². The first kappa shape index (κ1) is 18.6. The number of anilines is 2. The van der Waals surface area contributed by atoms with Crippen molar-refractivity contribution in [2.75, 3.05) is 10.6 Å². The van der Waals surface area contributed by atoms with Crippen molar-refractivity contribution in [2.24, 2.45) is 0 Å². The van der Waals surface area contributed by atoms with Gasteiger partial charge in [-0.1, -0.05) is 41.7 Å². The van der Waals surface area contributed by atoms with E-state index in [1.165, 1.54) is 6.07 Å². The van der Waals surface area contributed by atoms with Crippen molar-refractivity contribution in [3.63, 3.8) is 0 Å². The smallest absolute Gasteiger partial charge is 0.257 e. The number of benzene rings is 2. The van der Waals surface area contributed by atoms with E-state index < -0.39 is 5.91 Å². The van der Waals surface area contributed by atoms with Crippen molar-refractivity contribution < 1.29 is 9.59 Å². The van der Waals surface area contributed by atoms with Gasteiger partial charge in [0, 0.05) is 17.1 Å². The number of carbonyl (C=O) groups is 2. The predicted molar refractivity (Wildman–Crippen MR) is 99.4 cm³/mol. The molecule has 2 amide bonds. The highest BCUT2D eigenvalue weighted by molar-refractivity contribution is 6.37. The Morgan fingerprint density at radius 3 is 2.38 bits per heavy atom. The van der Waals surface area contributed by atoms with Gasteiger partial charge in [-0.15, -0.1) is 0 Å². The van der Waals surface area contributed by atoms with Crippen LogP contribution in [0, 0.1) is 0 Å². The Hall–Kier alpha value is -1.75. The zero-order chi connectivity index (χ0) is 17.7. The van der Waals surface area contributed by atoms with E-state index in [4.69, 9.17) is 34.8 Å². The third kappa shape index (κ3) is 4.87. The average Bonchev–Trinajstić information content (AvgIpc) is 2.53. The molecule has 2 N–H and O–H groups in total. The first-order chi connectivity index (χ1) is 11.4. The quantitative estimate of drug-likeness (QED) is 0.700. The van der Waals surface area contributed by atoms with Crippen molar-refractivity contribution in [2.45, 2.75) is 19.8 Å². The van der Waals surface area contributed by atoms with Gasteiger partial charge >= 0.3 is 0 Å². The maximum atomic E-state index is 12.4. The molecule has 4 nitrogen and oxygen atoms in total. The van der Waals surface area contributed by atoms with Crippen LogP contribution in [0.15, 0.2) is 36.4 Å². The summed E-state index contributed by atoms with van der Waals surface area (Å²) < 4.78 is 0. The van der Waals surface area contributed by atoms with E-state index in [1.807, 2.05) is 6.92 Å². The number of halogens is 3. The Morgan fingerprint density at radius 1 is 0.958 bits per heavy atom. The largest absolute Gasteiger partial charge is 0.326 e. The highest BCUT2D eigenvalue weighted by atomic mass is 35.5. The van der Waals surface area contributed by atoms with E-state index in [0.717, 1.165) is 6.42 Å². The highest BCUT2D eigenvalue weighted by Crippen LogP contribution is 2.28. The van der Waals surface area contributed by atoms with Gasteiger partial charge in [-0.05, 0) is 42.8 Å². The van der Waals surface area contributed by atoms with Crippen LogP contribution < -0.4 is 10.6 Å². The maximum absolute atomic E-state index is 12.4. The van der Waals surface area contributed by atoms with Crippen molar-refractivity contribution in [3.8, 4) is 0 Å². The molecule has 0 saturated heterocycles. The second kappa shape index (κ2) is 8.38. The van der Waals surface area contributed by atoms with E-state index in [2.05, 4.69) is 10.6 Å². The molecule has 0 aliphatic carbocycles. The fourth-order valence-corrected chi connectivity index (χ4v) is 2.55. The van der Waals surface area contributed by atoms with Crippen LogP contribution in [0.3, 0.4) is 0 Å². The fourth-order valence-electron chi connectivity index (χ4n) is 2.01. The number of nitrogens with one attached hydrogen (secondary N) is 2. The molecule has 0 fully saturated rings. The van der Waals surface area contributed by atoms with Crippen LogP contribution >= 0.6 is 34.8 Å². The van der Waals surface area contributed by atoms with E-state index >= 15 is 0 Å². The lowest BCUT2D eigenvalue weighted by Gasteiger charge is -2.11. The summed E-state index contributed by atoms with van der Waals surface area (Å²) in [5.41, 5.74) is 1.15. The SMILES string of the molecule is CCCC(=O)Nc1ccc(Cl)c(NC(=O)c2cc(Cl)ccc2Cl)c1. The number of carbonyl (C=O) groups excluding carboxylic acids is 2. The second-order valence-electron chi connectivity index (χ2n) is 5.07. The maximum Gasteiger partial charge on any atom is 0.257 e. The van der Waals surface area contributed by atoms with Crippen LogP contribution in [0.1, 0.15) is 30.1 Å². The summed E-state index contributed by atoms with van der Waals surface area (Å²) in [6, 6.07) is 9.46. The van der Waals surface area contributed by atoms with Crippen LogP contribution in [0.5, 0.6) is 0 Å². The highest BCUT2D eigenvalue weighted by Gasteiger charge is 2.13. The minimum Gasteiger partial charge on any atom is -0.326 e. The Kier molecular flexibility index (Phi) is 6.49. The molecule has 0 unspecified atom stereocenters. The summed E-state index contributed by atoms with van der Waals surface area (Å²) in [6.45, 7) is 1.92. The lowest BCUT2D eigenvalue weighted by Crippen LogP contribution is -2.14. The lowest BCUT2D eigenvalue weighted by molar-refractivity contribution is -0.116. The summed E-state index contributed by atoms with van der Waals surface area (Å²) in [7, 11) is 0. The van der Waals surface area contributed by atoms with E-state index in [-0.39, 0.29) is 16.5 Å². The molecule has 7 heteroatoms. The lowest BCUT2D eigenvalue weighted by atomic mass is 10.2. The predicted octanol–water partition coefficient (Wildman–Crippen LogP) is 5.64. The van der Waals surface area contributed by atoms with Crippen LogP contribution in [0.25, 0.3) is 0 Å². The number of hydrogen-bond acceptors (Lipinski definition) is 2. The summed E-state index contributed by atoms with van der Waals surface area (Å²) >= 11 is 18.0. The zero-order valence-corrected chi connectivity index (χ0v) is 15.1. The zero-order valence-electron chi connectivity index (χ0n) is 12.8. The van der Waals surface area contributed by atoms with Crippen LogP contribution in [0.2, 0.25) is 15.1 Å². The summed E-state index contributed by atoms with van der Waals surface area (Å²) in [5, 5.41) is 6.44. The Balaban J connectivity index is 2.21. The van der Waals surface area contributed by atoms with Crippen molar-refractivity contribution >= 4 is 58.0 Å². The molecule has 0 heterocycles. The van der Waals surface area contributed by atoms with Crippen LogP contribution in [-0.4, -0.2) is 11.8 Å². The molecule has 0 radical (unpaired) electrons. The first-order valence-electron chi connectivity index (χ1n) is 7.26. The standard InChI is InChI=1S/C17H15Cl3N2O2/c1-2-3-16(23)21-11-5-7-14(20)15(9-11)22-17(24)12-8-10(18)4-6-13(12)19/h4-9H,2-3H2,1H3,(H,21,23)(H,22,24). The van der Waals surface area contributed by atoms with Gasteiger partial charge in [0.25, 0.3) is 5.91 Å². The normalized spacial score (nSPS) is 10.3. The van der Waals surface area contributed by atoms with E-state index in [0.29, 0.717) is 27.8 Å². The summed E-state index contributed by atoms with van der Waals surface area (Å²) in [5.74, 6) is -0.545. The molecule has 126 valence electrons. The van der Waals surface area contributed by atoms with Crippen molar-refractivity contribution in [1.82, 2.24) is 0 Å². The van der Waals surface area contributed by atoms with Gasteiger partial charge < -0.3 is 10.6 Å². The average molecular weight is 386 g/mol. The molecular weight excluding hydrogens is 371 g/mol. The van der Waals surface area contributed by atoms with Gasteiger partial charge in [0.05, 0.1) is 21.3 Å². The van der Waals surface area contributed by atoms with Gasteiger partial charge in [-0.3, -0.25) is 9.59 Å². The third-order valence-corrected chi connectivity index (χ3v) is 4.04. The van der Waals surface area contributed by atoms with E-state index in [9.17, 15) is 9.59 Å². The van der Waals surface area contributed by atoms with Gasteiger partial charge in [0.1, 0.15) is 0 Å². The summed E-state index contributed by atoms with van der Waals surface area (Å²) in [6.07, 6.45) is 1.17. The molecule has 2 aromatic carbocycles. The molecule has 0 bridgehead atoms. The van der Waals surface area contributed by atoms with Crippen molar-refractivity contribution in [1.29, 1.82) is 0 Å². The molecule has 0 saturated carbocycles. The van der Waals surface area contributed by atoms with Gasteiger partial charge in [-0.25, -0.2) is 0 Å². The summed E-state index contributed by atoms with van der Waals surface area (Å²) in [4.78, 5) is 24.0. The number of rotatable bonds is 5. The molecule has 24 heavy (non-hydrogen) atoms. The third-order valence-electron chi connectivity index (χ3n) is 3.15. The molecule has 0 aliphatic heterocycles. The molecular formula is C17H15Cl3N2O2. The minimum atomic E-state index is -0.443. The fraction of sp³-hybridized carbons (Fsp3) is 0.176. The Labute approximate surface area is 155 Å². The topological polar surface area (TPSA) is 58.2 Å². The molecule has 2 aromatic rings. The number of amides is 2. The van der Waals surface area contributed by atoms with Gasteiger partial charge in [0.15, 0.2) is 0 Å².